The van der Waals surface area contributed by atoms with Gasteiger partial charge in [0.05, 0.1) is 0 Å². The molecular formula is C12H28N2. The van der Waals surface area contributed by atoms with Crippen molar-refractivity contribution in [2.75, 3.05) is 27.2 Å². The van der Waals surface area contributed by atoms with Crippen molar-refractivity contribution in [1.29, 1.82) is 0 Å². The van der Waals surface area contributed by atoms with Gasteiger partial charge < -0.3 is 5.32 Å². The zero-order chi connectivity index (χ0) is 11.4. The van der Waals surface area contributed by atoms with Crippen LogP contribution >= 0.6 is 0 Å². The Bertz CT molecular complexity index is 156. The fourth-order valence-electron chi connectivity index (χ4n) is 1.37. The number of nitrogens with zero attached hydrogens (tertiary/aromatic N) is 1. The van der Waals surface area contributed by atoms with Crippen molar-refractivity contribution in [2.45, 2.75) is 46.6 Å². The molecule has 0 aliphatic rings. The minimum absolute atomic E-state index is 0.250. The van der Waals surface area contributed by atoms with Gasteiger partial charge >= 0.3 is 0 Å². The Kier molecular flexibility index (Phi) is 5.10. The van der Waals surface area contributed by atoms with Gasteiger partial charge in [0, 0.05) is 12.1 Å². The van der Waals surface area contributed by atoms with Gasteiger partial charge in [0.1, 0.15) is 0 Å². The minimum Gasteiger partial charge on any atom is -0.318 e. The predicted octanol–water partition coefficient (Wildman–Crippen LogP) is 2.35. The molecule has 0 aliphatic heterocycles. The molecule has 0 saturated carbocycles. The number of hydrogen-bond donors (Lipinski definition) is 1. The molecular weight excluding hydrogens is 172 g/mol. The van der Waals surface area contributed by atoms with Crippen LogP contribution in [0.25, 0.3) is 0 Å². The van der Waals surface area contributed by atoms with Crippen LogP contribution in [-0.4, -0.2) is 37.6 Å². The lowest BCUT2D eigenvalue weighted by Gasteiger charge is -2.37. The molecule has 0 radical (unpaired) electrons. The van der Waals surface area contributed by atoms with Crippen LogP contribution in [0, 0.1) is 5.41 Å². The third-order valence-electron chi connectivity index (χ3n) is 2.84. The Hall–Kier alpha value is -0.0800. The maximum absolute atomic E-state index is 3.24. The highest BCUT2D eigenvalue weighted by Gasteiger charge is 2.23. The highest BCUT2D eigenvalue weighted by Crippen LogP contribution is 2.21. The van der Waals surface area contributed by atoms with Gasteiger partial charge in [-0.25, -0.2) is 0 Å². The Morgan fingerprint density at radius 1 is 1.07 bits per heavy atom. The average molecular weight is 200 g/mol. The first kappa shape index (κ1) is 13.9. The zero-order valence-corrected chi connectivity index (χ0v) is 11.1. The van der Waals surface area contributed by atoms with Crippen LogP contribution in [-0.2, 0) is 0 Å². The van der Waals surface area contributed by atoms with Gasteiger partial charge in [-0.2, -0.15) is 0 Å². The Morgan fingerprint density at radius 3 is 1.93 bits per heavy atom. The second-order valence-corrected chi connectivity index (χ2v) is 6.07. The summed E-state index contributed by atoms with van der Waals surface area (Å²) in [6.45, 7) is 13.7. The average Bonchev–Trinajstić information content (AvgIpc) is 1.98. The second kappa shape index (κ2) is 5.13. The lowest BCUT2D eigenvalue weighted by Crippen LogP contribution is -2.48. The molecule has 0 aromatic rings. The van der Waals surface area contributed by atoms with E-state index in [-0.39, 0.29) is 5.54 Å². The van der Waals surface area contributed by atoms with E-state index < -0.39 is 0 Å². The summed E-state index contributed by atoms with van der Waals surface area (Å²) in [6, 6.07) is 0. The monoisotopic (exact) mass is 200 g/mol. The Balaban J connectivity index is 4.00. The van der Waals surface area contributed by atoms with E-state index in [2.05, 4.69) is 51.9 Å². The minimum atomic E-state index is 0.250. The summed E-state index contributed by atoms with van der Waals surface area (Å²) in [5.74, 6) is 0. The van der Waals surface area contributed by atoms with E-state index in [9.17, 15) is 0 Å². The molecule has 2 heteroatoms. The van der Waals surface area contributed by atoms with E-state index in [1.165, 1.54) is 6.42 Å². The van der Waals surface area contributed by atoms with E-state index in [0.717, 1.165) is 13.1 Å². The highest BCUT2D eigenvalue weighted by molar-refractivity contribution is 4.81. The molecule has 1 N–H and O–H groups in total. The van der Waals surface area contributed by atoms with E-state index in [0.29, 0.717) is 5.41 Å². The van der Waals surface area contributed by atoms with Crippen LogP contribution in [0.1, 0.15) is 41.0 Å². The van der Waals surface area contributed by atoms with Gasteiger partial charge in [0.15, 0.2) is 0 Å². The number of hydrogen-bond acceptors (Lipinski definition) is 2. The summed E-state index contributed by atoms with van der Waals surface area (Å²) in [7, 11) is 4.22. The first-order valence-corrected chi connectivity index (χ1v) is 5.55. The molecule has 0 aromatic carbocycles. The fourth-order valence-corrected chi connectivity index (χ4v) is 1.37. The molecule has 0 spiro atoms. The van der Waals surface area contributed by atoms with Gasteiger partial charge in [-0.15, -0.1) is 0 Å². The van der Waals surface area contributed by atoms with Crippen molar-refractivity contribution < 1.29 is 0 Å². The molecule has 0 rings (SSSR count). The quantitative estimate of drug-likeness (QED) is 0.733. The van der Waals surface area contributed by atoms with Crippen molar-refractivity contribution in [1.82, 2.24) is 10.2 Å². The molecule has 0 heterocycles. The fraction of sp³-hybridized carbons (Fsp3) is 1.00. The first-order chi connectivity index (χ1) is 6.19. The smallest absolute Gasteiger partial charge is 0.0274 e. The summed E-state index contributed by atoms with van der Waals surface area (Å²) in [5, 5.41) is 3.24. The molecule has 0 amide bonds. The van der Waals surface area contributed by atoms with Crippen LogP contribution in [0.2, 0.25) is 0 Å². The van der Waals surface area contributed by atoms with Crippen molar-refractivity contribution in [3.05, 3.63) is 0 Å². The van der Waals surface area contributed by atoms with Gasteiger partial charge in [-0.1, -0.05) is 20.8 Å². The van der Waals surface area contributed by atoms with Gasteiger partial charge in [0.25, 0.3) is 0 Å². The number of likely N-dealkylation sites (N-methyl/N-ethyl adjacent to an activating group) is 2. The standard InChI is InChI=1S/C12H28N2/c1-11(2,3)8-9-14(7)12(4,5)10-13-6/h13H,8-10H2,1-7H3. The van der Waals surface area contributed by atoms with Crippen LogP contribution < -0.4 is 5.32 Å². The summed E-state index contributed by atoms with van der Waals surface area (Å²) in [5.41, 5.74) is 0.685. The summed E-state index contributed by atoms with van der Waals surface area (Å²) >= 11 is 0. The molecule has 0 atom stereocenters. The lowest BCUT2D eigenvalue weighted by molar-refractivity contribution is 0.136. The third-order valence-corrected chi connectivity index (χ3v) is 2.84. The molecule has 0 aliphatic carbocycles. The molecule has 2 nitrogen and oxygen atoms in total. The SMILES string of the molecule is CNCC(C)(C)N(C)CCC(C)(C)C. The van der Waals surface area contributed by atoms with Crippen molar-refractivity contribution in [2.24, 2.45) is 5.41 Å². The van der Waals surface area contributed by atoms with Crippen molar-refractivity contribution in [3.63, 3.8) is 0 Å². The van der Waals surface area contributed by atoms with Crippen molar-refractivity contribution >= 4 is 0 Å². The Morgan fingerprint density at radius 2 is 1.57 bits per heavy atom. The molecule has 0 bridgehead atoms. The molecule has 0 fully saturated rings. The molecule has 14 heavy (non-hydrogen) atoms. The van der Waals surface area contributed by atoms with E-state index in [4.69, 9.17) is 0 Å². The molecule has 0 unspecified atom stereocenters. The summed E-state index contributed by atoms with van der Waals surface area (Å²) in [4.78, 5) is 2.44. The van der Waals surface area contributed by atoms with E-state index in [1.807, 2.05) is 7.05 Å². The van der Waals surface area contributed by atoms with E-state index in [1.54, 1.807) is 0 Å². The molecule has 86 valence electrons. The highest BCUT2D eigenvalue weighted by atomic mass is 15.2. The first-order valence-electron chi connectivity index (χ1n) is 5.55. The lowest BCUT2D eigenvalue weighted by atomic mass is 9.91. The van der Waals surface area contributed by atoms with Gasteiger partial charge in [0.2, 0.25) is 0 Å². The maximum Gasteiger partial charge on any atom is 0.0274 e. The largest absolute Gasteiger partial charge is 0.318 e. The van der Waals surface area contributed by atoms with Crippen LogP contribution in [0.15, 0.2) is 0 Å². The number of rotatable bonds is 5. The predicted molar refractivity (Wildman–Crippen MR) is 64.7 cm³/mol. The van der Waals surface area contributed by atoms with E-state index >= 15 is 0 Å². The zero-order valence-electron chi connectivity index (χ0n) is 11.1. The topological polar surface area (TPSA) is 15.3 Å². The normalized spacial score (nSPS) is 13.7. The molecule has 0 saturated heterocycles. The maximum atomic E-state index is 3.24. The van der Waals surface area contributed by atoms with Crippen molar-refractivity contribution in [3.8, 4) is 0 Å². The Labute approximate surface area is 90.1 Å². The summed E-state index contributed by atoms with van der Waals surface area (Å²) in [6.07, 6.45) is 1.25. The van der Waals surface area contributed by atoms with Crippen LogP contribution in [0.4, 0.5) is 0 Å². The number of nitrogens with one attached hydrogen (secondary N) is 1. The van der Waals surface area contributed by atoms with Gasteiger partial charge in [-0.3, -0.25) is 4.90 Å². The van der Waals surface area contributed by atoms with Gasteiger partial charge in [-0.05, 0) is 46.3 Å². The van der Waals surface area contributed by atoms with Crippen LogP contribution in [0.3, 0.4) is 0 Å². The summed E-state index contributed by atoms with van der Waals surface area (Å²) < 4.78 is 0. The molecule has 0 aromatic heterocycles. The van der Waals surface area contributed by atoms with Crippen LogP contribution in [0.5, 0.6) is 0 Å². The second-order valence-electron chi connectivity index (χ2n) is 6.07. The third kappa shape index (κ3) is 5.61.